The highest BCUT2D eigenvalue weighted by Crippen LogP contribution is 2.33. The minimum atomic E-state index is -0.960. The number of amides is 1. The summed E-state index contributed by atoms with van der Waals surface area (Å²) in [6.45, 7) is 1.95. The van der Waals surface area contributed by atoms with Crippen LogP contribution >= 0.6 is 46.0 Å². The summed E-state index contributed by atoms with van der Waals surface area (Å²) >= 11 is 9.62. The van der Waals surface area contributed by atoms with Gasteiger partial charge < -0.3 is 10.0 Å². The number of carbonyl (C=O) groups excluding carboxylic acids is 1. The first-order valence-corrected chi connectivity index (χ1v) is 8.58. The maximum absolute atomic E-state index is 12.6. The normalized spacial score (nSPS) is 22.1. The number of halogens is 2. The number of benzene rings is 1. The molecule has 1 aromatic carbocycles. The number of carboxylic acid groups (broad SMARTS) is 1. The average Bonchev–Trinajstić information content (AvgIpc) is 2.85. The van der Waals surface area contributed by atoms with E-state index in [0.29, 0.717) is 16.3 Å². The van der Waals surface area contributed by atoms with Gasteiger partial charge in [-0.1, -0.05) is 18.5 Å². The average molecular weight is 426 g/mol. The van der Waals surface area contributed by atoms with Gasteiger partial charge in [0.25, 0.3) is 5.91 Å². The molecule has 0 spiro atoms. The number of aliphatic carboxylic acids is 1. The van der Waals surface area contributed by atoms with E-state index in [2.05, 4.69) is 22.6 Å². The molecule has 4 nitrogen and oxygen atoms in total. The summed E-state index contributed by atoms with van der Waals surface area (Å²) < 4.78 is 0.860. The van der Waals surface area contributed by atoms with E-state index in [0.717, 1.165) is 9.99 Å². The van der Waals surface area contributed by atoms with Crippen LogP contribution in [0.15, 0.2) is 18.2 Å². The summed E-state index contributed by atoms with van der Waals surface area (Å²) in [7, 11) is 0. The van der Waals surface area contributed by atoms with Gasteiger partial charge in [-0.05, 0) is 47.2 Å². The first-order chi connectivity index (χ1) is 9.45. The van der Waals surface area contributed by atoms with E-state index in [1.807, 2.05) is 6.92 Å². The largest absolute Gasteiger partial charge is 0.480 e. The van der Waals surface area contributed by atoms with Gasteiger partial charge in [0.1, 0.15) is 6.04 Å². The zero-order chi connectivity index (χ0) is 14.9. The van der Waals surface area contributed by atoms with E-state index in [-0.39, 0.29) is 11.3 Å². The predicted octanol–water partition coefficient (Wildman–Crippen LogP) is 3.32. The lowest BCUT2D eigenvalue weighted by Crippen LogP contribution is -2.45. The van der Waals surface area contributed by atoms with Gasteiger partial charge >= 0.3 is 5.97 Å². The van der Waals surface area contributed by atoms with Crippen LogP contribution in [0.2, 0.25) is 5.02 Å². The minimum absolute atomic E-state index is 0.0957. The molecule has 0 bridgehead atoms. The van der Waals surface area contributed by atoms with Gasteiger partial charge in [0.2, 0.25) is 0 Å². The molecule has 1 aliphatic heterocycles. The van der Waals surface area contributed by atoms with E-state index >= 15 is 0 Å². The molecule has 1 aliphatic rings. The second-order valence-corrected chi connectivity index (χ2v) is 7.17. The SMILES string of the molecule is CCC1SCC(C(=O)O)N1C(=O)c1ccc(I)c(Cl)c1. The monoisotopic (exact) mass is 425 g/mol. The fraction of sp³-hybridized carbons (Fsp3) is 0.385. The van der Waals surface area contributed by atoms with Gasteiger partial charge in [-0.3, -0.25) is 4.79 Å². The quantitative estimate of drug-likeness (QED) is 0.755. The van der Waals surface area contributed by atoms with Crippen molar-refractivity contribution in [3.05, 3.63) is 32.4 Å². The molecule has 0 aliphatic carbocycles. The molecule has 0 radical (unpaired) electrons. The number of hydrogen-bond donors (Lipinski definition) is 1. The van der Waals surface area contributed by atoms with Gasteiger partial charge in [0.15, 0.2) is 0 Å². The van der Waals surface area contributed by atoms with Gasteiger partial charge in [0.05, 0.1) is 10.4 Å². The van der Waals surface area contributed by atoms with Crippen LogP contribution in [0, 0.1) is 3.57 Å². The van der Waals surface area contributed by atoms with Crippen molar-refractivity contribution in [2.75, 3.05) is 5.75 Å². The zero-order valence-electron chi connectivity index (χ0n) is 10.7. The van der Waals surface area contributed by atoms with Crippen LogP contribution in [-0.2, 0) is 4.79 Å². The van der Waals surface area contributed by atoms with E-state index in [4.69, 9.17) is 11.6 Å². The van der Waals surface area contributed by atoms with Crippen LogP contribution in [0.25, 0.3) is 0 Å². The molecule has 1 amide bonds. The molecule has 1 heterocycles. The predicted molar refractivity (Wildman–Crippen MR) is 88.3 cm³/mol. The summed E-state index contributed by atoms with van der Waals surface area (Å²) in [6, 6.07) is 4.27. The van der Waals surface area contributed by atoms with Crippen molar-refractivity contribution in [2.24, 2.45) is 0 Å². The molecular formula is C13H13ClINO3S. The fourth-order valence-electron chi connectivity index (χ4n) is 2.12. The molecular weight excluding hydrogens is 413 g/mol. The maximum atomic E-state index is 12.6. The Morgan fingerprint density at radius 3 is 2.80 bits per heavy atom. The van der Waals surface area contributed by atoms with E-state index in [1.54, 1.807) is 18.2 Å². The Balaban J connectivity index is 2.33. The third kappa shape index (κ3) is 3.07. The lowest BCUT2D eigenvalue weighted by atomic mass is 10.1. The standard InChI is InChI=1S/C13H13ClINO3S/c1-2-11-16(10(6-20-11)13(18)19)12(17)7-3-4-9(15)8(14)5-7/h3-5,10-11H,2,6H2,1H3,(H,18,19). The van der Waals surface area contributed by atoms with Crippen molar-refractivity contribution in [3.8, 4) is 0 Å². The molecule has 20 heavy (non-hydrogen) atoms. The number of thioether (sulfide) groups is 1. The number of nitrogens with zero attached hydrogens (tertiary/aromatic N) is 1. The molecule has 108 valence electrons. The Morgan fingerprint density at radius 2 is 2.25 bits per heavy atom. The molecule has 0 aromatic heterocycles. The van der Waals surface area contributed by atoms with E-state index < -0.39 is 12.0 Å². The third-order valence-electron chi connectivity index (χ3n) is 3.13. The van der Waals surface area contributed by atoms with E-state index in [9.17, 15) is 14.7 Å². The molecule has 1 saturated heterocycles. The molecule has 0 saturated carbocycles. The van der Waals surface area contributed by atoms with Crippen molar-refractivity contribution in [1.82, 2.24) is 4.90 Å². The highest BCUT2D eigenvalue weighted by molar-refractivity contribution is 14.1. The lowest BCUT2D eigenvalue weighted by molar-refractivity contribution is -0.141. The van der Waals surface area contributed by atoms with Crippen LogP contribution in [-0.4, -0.2) is 39.1 Å². The van der Waals surface area contributed by atoms with Crippen molar-refractivity contribution in [3.63, 3.8) is 0 Å². The number of rotatable bonds is 3. The molecule has 2 rings (SSSR count). The van der Waals surface area contributed by atoms with Crippen LogP contribution in [0.5, 0.6) is 0 Å². The Morgan fingerprint density at radius 1 is 1.55 bits per heavy atom. The summed E-state index contributed by atoms with van der Waals surface area (Å²) in [5, 5.41) is 9.66. The molecule has 1 aromatic rings. The van der Waals surface area contributed by atoms with Crippen molar-refractivity contribution < 1.29 is 14.7 Å². The second kappa shape index (κ2) is 6.53. The van der Waals surface area contributed by atoms with Crippen LogP contribution in [0.1, 0.15) is 23.7 Å². The summed E-state index contributed by atoms with van der Waals surface area (Å²) in [5.41, 5.74) is 0.433. The molecule has 7 heteroatoms. The topological polar surface area (TPSA) is 57.6 Å². The van der Waals surface area contributed by atoms with Crippen LogP contribution < -0.4 is 0 Å². The Labute approximate surface area is 140 Å². The molecule has 2 unspecified atom stereocenters. The first-order valence-electron chi connectivity index (χ1n) is 6.07. The first kappa shape index (κ1) is 15.9. The number of carboxylic acids is 1. The number of hydrogen-bond acceptors (Lipinski definition) is 3. The van der Waals surface area contributed by atoms with Crippen molar-refractivity contribution in [1.29, 1.82) is 0 Å². The molecule has 1 fully saturated rings. The van der Waals surface area contributed by atoms with Crippen molar-refractivity contribution >= 4 is 57.8 Å². The summed E-state index contributed by atoms with van der Waals surface area (Å²) in [6.07, 6.45) is 0.721. The van der Waals surface area contributed by atoms with Crippen molar-refractivity contribution in [2.45, 2.75) is 24.8 Å². The highest BCUT2D eigenvalue weighted by atomic mass is 127. The van der Waals surface area contributed by atoms with Gasteiger partial charge in [-0.2, -0.15) is 0 Å². The fourth-order valence-corrected chi connectivity index (χ4v) is 3.98. The van der Waals surface area contributed by atoms with Crippen LogP contribution in [0.3, 0.4) is 0 Å². The van der Waals surface area contributed by atoms with Gasteiger partial charge in [0, 0.05) is 14.9 Å². The lowest BCUT2D eigenvalue weighted by Gasteiger charge is -2.26. The third-order valence-corrected chi connectivity index (χ3v) is 6.15. The minimum Gasteiger partial charge on any atom is -0.480 e. The number of carbonyl (C=O) groups is 2. The Bertz CT molecular complexity index is 554. The smallest absolute Gasteiger partial charge is 0.327 e. The van der Waals surface area contributed by atoms with Gasteiger partial charge in [-0.15, -0.1) is 11.8 Å². The Hall–Kier alpha value is -0.470. The molecule has 1 N–H and O–H groups in total. The summed E-state index contributed by atoms with van der Waals surface area (Å²) in [4.78, 5) is 25.3. The van der Waals surface area contributed by atoms with Gasteiger partial charge in [-0.25, -0.2) is 4.79 Å². The Kier molecular flexibility index (Phi) is 5.19. The molecule has 2 atom stereocenters. The highest BCUT2D eigenvalue weighted by Gasteiger charge is 2.41. The van der Waals surface area contributed by atoms with E-state index in [1.165, 1.54) is 16.7 Å². The van der Waals surface area contributed by atoms with Crippen LogP contribution in [0.4, 0.5) is 0 Å². The second-order valence-electron chi connectivity index (χ2n) is 4.39. The summed E-state index contributed by atoms with van der Waals surface area (Å²) in [5.74, 6) is -0.802. The zero-order valence-corrected chi connectivity index (χ0v) is 14.4. The maximum Gasteiger partial charge on any atom is 0.327 e.